The van der Waals surface area contributed by atoms with Crippen LogP contribution < -0.4 is 5.32 Å². The molecule has 0 saturated heterocycles. The number of hydrogen-bond donors (Lipinski definition) is 1. The molecule has 0 bridgehead atoms. The molecular weight excluding hydrogens is 305 g/mol. The van der Waals surface area contributed by atoms with E-state index in [0.717, 1.165) is 9.48 Å². The summed E-state index contributed by atoms with van der Waals surface area (Å²) < 4.78 is 14.1. The third kappa shape index (κ3) is 3.01. The summed E-state index contributed by atoms with van der Waals surface area (Å²) >= 11 is 4.65. The van der Waals surface area contributed by atoms with Gasteiger partial charge in [-0.05, 0) is 47.0 Å². The summed E-state index contributed by atoms with van der Waals surface area (Å²) in [6, 6.07) is 5.22. The largest absolute Gasteiger partial charge is 0.354 e. The second-order valence-corrected chi connectivity index (χ2v) is 5.99. The van der Waals surface area contributed by atoms with Crippen molar-refractivity contribution in [3.05, 3.63) is 39.1 Å². The molecule has 0 saturated carbocycles. The quantitative estimate of drug-likeness (QED) is 0.932. The molecule has 1 N–H and O–H groups in total. The van der Waals surface area contributed by atoms with Gasteiger partial charge in [-0.3, -0.25) is 0 Å². The summed E-state index contributed by atoms with van der Waals surface area (Å²) in [5.74, 6) is -0.186. The van der Waals surface area contributed by atoms with Crippen LogP contribution in [0.5, 0.6) is 0 Å². The summed E-state index contributed by atoms with van der Waals surface area (Å²) in [6.45, 7) is 3.71. The van der Waals surface area contributed by atoms with E-state index in [2.05, 4.69) is 31.4 Å². The Labute approximate surface area is 111 Å². The minimum atomic E-state index is -0.186. The first-order chi connectivity index (χ1) is 8.06. The lowest BCUT2D eigenvalue weighted by Crippen LogP contribution is -2.06. The van der Waals surface area contributed by atoms with Crippen LogP contribution in [-0.2, 0) is 0 Å². The zero-order chi connectivity index (χ0) is 12.4. The number of aryl methyl sites for hydroxylation is 1. The van der Waals surface area contributed by atoms with Crippen LogP contribution in [0.15, 0.2) is 22.1 Å². The Hall–Kier alpha value is -1.01. The number of nitrogens with one attached hydrogen (secondary N) is 1. The molecule has 6 heteroatoms. The molecule has 90 valence electrons. The highest BCUT2D eigenvalue weighted by Gasteiger charge is 2.10. The van der Waals surface area contributed by atoms with E-state index in [-0.39, 0.29) is 11.9 Å². The lowest BCUT2D eigenvalue weighted by atomic mass is 10.1. The lowest BCUT2D eigenvalue weighted by Gasteiger charge is -2.13. The molecule has 2 aromatic rings. The highest BCUT2D eigenvalue weighted by atomic mass is 79.9. The zero-order valence-electron chi connectivity index (χ0n) is 9.37. The molecule has 1 atom stereocenters. The van der Waals surface area contributed by atoms with Crippen molar-refractivity contribution >= 4 is 32.4 Å². The third-order valence-corrected chi connectivity index (χ3v) is 3.72. The van der Waals surface area contributed by atoms with Gasteiger partial charge in [0, 0.05) is 0 Å². The van der Waals surface area contributed by atoms with Gasteiger partial charge in [0.1, 0.15) is 5.82 Å². The molecular formula is C11H11BrFN3S. The highest BCUT2D eigenvalue weighted by molar-refractivity contribution is 9.11. The van der Waals surface area contributed by atoms with Gasteiger partial charge in [-0.25, -0.2) is 4.39 Å². The molecule has 0 aliphatic carbocycles. The van der Waals surface area contributed by atoms with Crippen LogP contribution in [0.2, 0.25) is 0 Å². The molecule has 0 amide bonds. The Morgan fingerprint density at radius 1 is 1.41 bits per heavy atom. The van der Waals surface area contributed by atoms with Crippen molar-refractivity contribution in [2.75, 3.05) is 5.32 Å². The molecule has 0 fully saturated rings. The van der Waals surface area contributed by atoms with E-state index in [0.29, 0.717) is 10.7 Å². The Balaban J connectivity index is 2.14. The fraction of sp³-hybridized carbons (Fsp3) is 0.273. The maximum atomic E-state index is 13.4. The van der Waals surface area contributed by atoms with Crippen LogP contribution in [-0.4, -0.2) is 10.2 Å². The van der Waals surface area contributed by atoms with Gasteiger partial charge >= 0.3 is 0 Å². The first-order valence-electron chi connectivity index (χ1n) is 5.08. The van der Waals surface area contributed by atoms with E-state index < -0.39 is 0 Å². The number of halogens is 2. The second kappa shape index (κ2) is 5.10. The number of hydrogen-bond acceptors (Lipinski definition) is 4. The van der Waals surface area contributed by atoms with E-state index in [1.165, 1.54) is 11.3 Å². The van der Waals surface area contributed by atoms with Gasteiger partial charge in [-0.15, -0.1) is 10.2 Å². The summed E-state index contributed by atoms with van der Waals surface area (Å²) in [7, 11) is 0. The van der Waals surface area contributed by atoms with Crippen molar-refractivity contribution in [3.63, 3.8) is 0 Å². The van der Waals surface area contributed by atoms with Crippen LogP contribution in [0.25, 0.3) is 0 Å². The fourth-order valence-corrected chi connectivity index (χ4v) is 2.51. The zero-order valence-corrected chi connectivity index (χ0v) is 11.8. The van der Waals surface area contributed by atoms with Crippen LogP contribution in [0.4, 0.5) is 9.52 Å². The smallest absolute Gasteiger partial charge is 0.206 e. The second-order valence-electron chi connectivity index (χ2n) is 3.73. The van der Waals surface area contributed by atoms with Crippen molar-refractivity contribution < 1.29 is 4.39 Å². The molecule has 0 aliphatic rings. The molecule has 0 aliphatic heterocycles. The first kappa shape index (κ1) is 12.4. The molecule has 1 aromatic heterocycles. The van der Waals surface area contributed by atoms with E-state index in [1.54, 1.807) is 19.1 Å². The Bertz CT molecular complexity index is 529. The number of rotatable bonds is 3. The monoisotopic (exact) mass is 315 g/mol. The summed E-state index contributed by atoms with van der Waals surface area (Å²) in [4.78, 5) is 0. The summed E-state index contributed by atoms with van der Waals surface area (Å²) in [5.41, 5.74) is 1.54. The number of aromatic nitrogens is 2. The number of anilines is 1. The predicted octanol–water partition coefficient (Wildman–Crippen LogP) is 3.92. The van der Waals surface area contributed by atoms with Crippen molar-refractivity contribution in [2.45, 2.75) is 19.9 Å². The molecule has 1 aromatic carbocycles. The van der Waals surface area contributed by atoms with Crippen molar-refractivity contribution in [1.29, 1.82) is 0 Å². The molecule has 17 heavy (non-hydrogen) atoms. The Kier molecular flexibility index (Phi) is 3.73. The lowest BCUT2D eigenvalue weighted by molar-refractivity contribution is 0.614. The maximum Gasteiger partial charge on any atom is 0.206 e. The van der Waals surface area contributed by atoms with Crippen molar-refractivity contribution in [3.8, 4) is 0 Å². The van der Waals surface area contributed by atoms with E-state index >= 15 is 0 Å². The van der Waals surface area contributed by atoms with Gasteiger partial charge in [0.05, 0.1) is 6.04 Å². The van der Waals surface area contributed by atoms with Crippen LogP contribution in [0.1, 0.15) is 24.1 Å². The maximum absolute atomic E-state index is 13.4. The van der Waals surface area contributed by atoms with E-state index in [1.807, 2.05) is 13.0 Å². The van der Waals surface area contributed by atoms with Crippen LogP contribution >= 0.6 is 27.3 Å². The third-order valence-electron chi connectivity index (χ3n) is 2.44. The topological polar surface area (TPSA) is 37.8 Å². The van der Waals surface area contributed by atoms with Gasteiger partial charge in [-0.2, -0.15) is 0 Å². The van der Waals surface area contributed by atoms with Gasteiger partial charge in [0.15, 0.2) is 3.92 Å². The van der Waals surface area contributed by atoms with Crippen molar-refractivity contribution in [1.82, 2.24) is 10.2 Å². The Morgan fingerprint density at radius 3 is 2.76 bits per heavy atom. The average Bonchev–Trinajstić information content (AvgIpc) is 2.68. The van der Waals surface area contributed by atoms with Crippen LogP contribution in [0.3, 0.4) is 0 Å². The average molecular weight is 316 g/mol. The van der Waals surface area contributed by atoms with E-state index in [9.17, 15) is 4.39 Å². The minimum absolute atomic E-state index is 0.00931. The molecule has 0 radical (unpaired) electrons. The minimum Gasteiger partial charge on any atom is -0.354 e. The van der Waals surface area contributed by atoms with Gasteiger partial charge in [0.25, 0.3) is 0 Å². The van der Waals surface area contributed by atoms with Crippen LogP contribution in [0, 0.1) is 12.7 Å². The van der Waals surface area contributed by atoms with Gasteiger partial charge in [-0.1, -0.05) is 23.5 Å². The number of benzene rings is 1. The number of nitrogens with zero attached hydrogens (tertiary/aromatic N) is 2. The van der Waals surface area contributed by atoms with Crippen molar-refractivity contribution in [2.24, 2.45) is 0 Å². The molecule has 2 rings (SSSR count). The van der Waals surface area contributed by atoms with E-state index in [4.69, 9.17) is 0 Å². The summed E-state index contributed by atoms with van der Waals surface area (Å²) in [6.07, 6.45) is 0. The molecule has 3 nitrogen and oxygen atoms in total. The van der Waals surface area contributed by atoms with Gasteiger partial charge in [0.2, 0.25) is 5.13 Å². The summed E-state index contributed by atoms with van der Waals surface area (Å²) in [5, 5.41) is 11.7. The molecule has 0 spiro atoms. The fourth-order valence-electron chi connectivity index (χ4n) is 1.41. The Morgan fingerprint density at radius 2 is 2.18 bits per heavy atom. The predicted molar refractivity (Wildman–Crippen MR) is 70.8 cm³/mol. The standard InChI is InChI=1S/C11H11BrFN3S/c1-6-3-4-8(5-9(6)13)7(2)14-11-16-15-10(12)17-11/h3-5,7H,1-2H3,(H,14,16). The molecule has 1 unspecified atom stereocenters. The normalized spacial score (nSPS) is 12.5. The van der Waals surface area contributed by atoms with Gasteiger partial charge < -0.3 is 5.32 Å². The highest BCUT2D eigenvalue weighted by Crippen LogP contribution is 2.25. The first-order valence-corrected chi connectivity index (χ1v) is 6.69. The molecule has 1 heterocycles. The SMILES string of the molecule is Cc1ccc(C(C)Nc2nnc(Br)s2)cc1F.